The highest BCUT2D eigenvalue weighted by Crippen LogP contribution is 2.23. The molecule has 0 aromatic heterocycles. The molecule has 4 heteroatoms. The van der Waals surface area contributed by atoms with Gasteiger partial charge in [0.15, 0.2) is 11.6 Å². The minimum Gasteiger partial charge on any atom is -0.290 e. The van der Waals surface area contributed by atoms with Crippen LogP contribution in [-0.4, -0.2) is 11.6 Å². The van der Waals surface area contributed by atoms with Crippen molar-refractivity contribution in [2.24, 2.45) is 0 Å². The Morgan fingerprint density at radius 1 is 1.30 bits per heavy atom. The van der Waals surface area contributed by atoms with Gasteiger partial charge in [-0.1, -0.05) is 0 Å². The summed E-state index contributed by atoms with van der Waals surface area (Å²) in [7, 11) is 6.05. The van der Waals surface area contributed by atoms with Gasteiger partial charge >= 0.3 is 0 Å². The minimum atomic E-state index is -0.209. The van der Waals surface area contributed by atoms with Gasteiger partial charge in [-0.05, 0) is 33.8 Å². The van der Waals surface area contributed by atoms with Crippen molar-refractivity contribution >= 4 is 33.2 Å². The van der Waals surface area contributed by atoms with Crippen LogP contribution in [0.2, 0.25) is 0 Å². The van der Waals surface area contributed by atoms with Crippen molar-refractivity contribution in [3.63, 3.8) is 0 Å². The molecule has 1 aliphatic carbocycles. The van der Waals surface area contributed by atoms with Gasteiger partial charge in [-0.25, -0.2) is 0 Å². The van der Waals surface area contributed by atoms with Crippen LogP contribution in [0.5, 0.6) is 0 Å². The summed E-state index contributed by atoms with van der Waals surface area (Å²) >= 11 is 0. The van der Waals surface area contributed by atoms with Crippen molar-refractivity contribution in [1.82, 2.24) is 0 Å². The summed E-state index contributed by atoms with van der Waals surface area (Å²) in [6, 6.07) is 0. The van der Waals surface area contributed by atoms with E-state index < -0.39 is 0 Å². The number of hydrogen-bond acceptors (Lipinski definition) is 3. The Morgan fingerprint density at radius 3 is 2.50 bits per heavy atom. The molecule has 52 valence electrons. The van der Waals surface area contributed by atoms with E-state index in [1.165, 1.54) is 18.2 Å². The highest BCUT2D eigenvalue weighted by atomic mass is 35.7. The lowest BCUT2D eigenvalue weighted by atomic mass is 10.2. The van der Waals surface area contributed by atoms with E-state index in [0.717, 1.165) is 11.0 Å². The highest BCUT2D eigenvalue weighted by molar-refractivity contribution is 8.24. The summed E-state index contributed by atoms with van der Waals surface area (Å²) < 4.78 is 0. The molecule has 0 saturated carbocycles. The van der Waals surface area contributed by atoms with E-state index in [4.69, 9.17) is 10.7 Å². The largest absolute Gasteiger partial charge is 0.290 e. The first-order valence-electron chi connectivity index (χ1n) is 2.50. The summed E-state index contributed by atoms with van der Waals surface area (Å²) in [5.41, 5.74) is 0. The van der Waals surface area contributed by atoms with Crippen LogP contribution in [0.15, 0.2) is 23.1 Å². The first-order valence-corrected chi connectivity index (χ1v) is 4.15. The zero-order chi connectivity index (χ0) is 7.56. The van der Waals surface area contributed by atoms with Crippen molar-refractivity contribution in [3.05, 3.63) is 23.1 Å². The molecule has 0 unspecified atom stereocenters. The van der Waals surface area contributed by atoms with E-state index in [9.17, 15) is 9.59 Å². The Bertz CT molecular complexity index is 242. The first-order chi connectivity index (χ1) is 4.74. The average molecular weight is 175 g/mol. The molecule has 0 spiro atoms. The molecule has 0 aliphatic heterocycles. The second-order valence-corrected chi connectivity index (χ2v) is 2.74. The van der Waals surface area contributed by atoms with Gasteiger partial charge in [-0.2, -0.15) is 0 Å². The quantitative estimate of drug-likeness (QED) is 0.565. The molecule has 0 bridgehead atoms. The highest BCUT2D eigenvalue weighted by Gasteiger charge is 2.11. The number of carbonyl (C=O) groups excluding carboxylic acids is 2. The number of ketones is 2. The third-order valence-electron chi connectivity index (χ3n) is 0.998. The van der Waals surface area contributed by atoms with Crippen LogP contribution < -0.4 is 0 Å². The van der Waals surface area contributed by atoms with Crippen LogP contribution in [-0.2, 0) is 9.59 Å². The number of carbonyl (C=O) groups is 2. The van der Waals surface area contributed by atoms with Gasteiger partial charge in [0.05, 0.1) is 4.91 Å². The molecule has 0 heterocycles. The number of halogens is 1. The Kier molecular flexibility index (Phi) is 2.29. The van der Waals surface area contributed by atoms with Crippen LogP contribution in [0.1, 0.15) is 0 Å². The van der Waals surface area contributed by atoms with Crippen molar-refractivity contribution in [3.8, 4) is 0 Å². The predicted molar refractivity (Wildman–Crippen MR) is 40.7 cm³/mol. The van der Waals surface area contributed by atoms with Crippen LogP contribution >= 0.6 is 21.7 Å². The fourth-order valence-corrected chi connectivity index (χ4v) is 1.22. The van der Waals surface area contributed by atoms with E-state index in [2.05, 4.69) is 0 Å². The lowest BCUT2D eigenvalue weighted by Gasteiger charge is -1.98. The molecule has 0 saturated heterocycles. The summed E-state index contributed by atoms with van der Waals surface area (Å²) in [6.07, 6.45) is 3.66. The lowest BCUT2D eigenvalue weighted by molar-refractivity contribution is -0.114. The summed E-state index contributed by atoms with van der Waals surface area (Å²) in [4.78, 5) is 21.6. The SMILES string of the molecule is O=C1C=CC(=O)C(SCl)=C1. The van der Waals surface area contributed by atoms with Gasteiger partial charge in [0.1, 0.15) is 0 Å². The van der Waals surface area contributed by atoms with E-state index in [0.29, 0.717) is 0 Å². The van der Waals surface area contributed by atoms with Gasteiger partial charge in [0, 0.05) is 6.08 Å². The van der Waals surface area contributed by atoms with Crippen molar-refractivity contribution in [2.75, 3.05) is 0 Å². The summed E-state index contributed by atoms with van der Waals surface area (Å²) in [5, 5.41) is 0. The normalized spacial score (nSPS) is 17.5. The second-order valence-electron chi connectivity index (χ2n) is 1.69. The van der Waals surface area contributed by atoms with Crippen LogP contribution in [0.25, 0.3) is 0 Å². The van der Waals surface area contributed by atoms with E-state index in [-0.39, 0.29) is 16.5 Å². The zero-order valence-electron chi connectivity index (χ0n) is 4.83. The molecule has 0 radical (unpaired) electrons. The van der Waals surface area contributed by atoms with Gasteiger partial charge in [-0.15, -0.1) is 0 Å². The number of hydrogen-bond donors (Lipinski definition) is 0. The maximum Gasteiger partial charge on any atom is 0.193 e. The van der Waals surface area contributed by atoms with E-state index in [1.807, 2.05) is 0 Å². The minimum absolute atomic E-state index is 0.192. The summed E-state index contributed by atoms with van der Waals surface area (Å²) in [6.45, 7) is 0. The molecule has 0 aromatic rings. The third kappa shape index (κ3) is 1.49. The number of allylic oxidation sites excluding steroid dienone is 4. The lowest BCUT2D eigenvalue weighted by Crippen LogP contribution is -2.03. The maximum absolute atomic E-state index is 10.8. The Labute approximate surface area is 66.4 Å². The number of rotatable bonds is 1. The topological polar surface area (TPSA) is 34.1 Å². The molecule has 0 N–H and O–H groups in total. The predicted octanol–water partition coefficient (Wildman–Crippen LogP) is 1.47. The van der Waals surface area contributed by atoms with Crippen LogP contribution in [0, 0.1) is 0 Å². The fraction of sp³-hybridized carbons (Fsp3) is 0. The van der Waals surface area contributed by atoms with Crippen LogP contribution in [0.3, 0.4) is 0 Å². The third-order valence-corrected chi connectivity index (χ3v) is 1.98. The van der Waals surface area contributed by atoms with E-state index in [1.54, 1.807) is 0 Å². The van der Waals surface area contributed by atoms with Crippen molar-refractivity contribution in [2.45, 2.75) is 0 Å². The molecule has 0 aromatic carbocycles. The molecule has 0 atom stereocenters. The molecular weight excluding hydrogens is 172 g/mol. The Morgan fingerprint density at radius 2 is 2.00 bits per heavy atom. The van der Waals surface area contributed by atoms with Gasteiger partial charge < -0.3 is 0 Å². The fourth-order valence-electron chi connectivity index (χ4n) is 0.549. The molecule has 0 fully saturated rings. The van der Waals surface area contributed by atoms with Gasteiger partial charge in [0.2, 0.25) is 0 Å². The van der Waals surface area contributed by atoms with Gasteiger partial charge in [-0.3, -0.25) is 9.59 Å². The Hall–Kier alpha value is -0.540. The van der Waals surface area contributed by atoms with Crippen LogP contribution in [0.4, 0.5) is 0 Å². The van der Waals surface area contributed by atoms with Crippen molar-refractivity contribution < 1.29 is 9.59 Å². The molecule has 0 amide bonds. The standard InChI is InChI=1S/C6H3ClO2S/c7-10-6-3-4(8)1-2-5(6)9/h1-3H. The van der Waals surface area contributed by atoms with E-state index >= 15 is 0 Å². The molecule has 1 rings (SSSR count). The Balaban J connectivity index is 2.89. The summed E-state index contributed by atoms with van der Waals surface area (Å²) in [5.74, 6) is -0.401. The molecule has 2 nitrogen and oxygen atoms in total. The average Bonchev–Trinajstić information content (AvgIpc) is 1.94. The maximum atomic E-state index is 10.8. The van der Waals surface area contributed by atoms with Crippen molar-refractivity contribution in [1.29, 1.82) is 0 Å². The zero-order valence-corrected chi connectivity index (χ0v) is 6.41. The van der Waals surface area contributed by atoms with Gasteiger partial charge in [0.25, 0.3) is 0 Å². The smallest absolute Gasteiger partial charge is 0.193 e. The second kappa shape index (κ2) is 3.03. The molecular formula is C6H3ClO2S. The molecule has 1 aliphatic rings. The molecule has 10 heavy (non-hydrogen) atoms. The monoisotopic (exact) mass is 174 g/mol. The first kappa shape index (κ1) is 7.57.